The number of hydrogen-bond acceptors (Lipinski definition) is 2. The molecule has 0 spiro atoms. The Balaban J connectivity index is 2.24. The summed E-state index contributed by atoms with van der Waals surface area (Å²) >= 11 is 1.87. The van der Waals surface area contributed by atoms with E-state index in [-0.39, 0.29) is 0 Å². The van der Waals surface area contributed by atoms with Crippen LogP contribution >= 0.6 is 11.3 Å². The van der Waals surface area contributed by atoms with Gasteiger partial charge in [0.2, 0.25) is 0 Å². The van der Waals surface area contributed by atoms with Crippen LogP contribution in [0.15, 0.2) is 17.5 Å². The van der Waals surface area contributed by atoms with Crippen molar-refractivity contribution < 1.29 is 0 Å². The Kier molecular flexibility index (Phi) is 5.88. The normalized spacial score (nSPS) is 13.0. The van der Waals surface area contributed by atoms with Crippen LogP contribution < -0.4 is 5.32 Å². The Labute approximate surface area is 91.5 Å². The lowest BCUT2D eigenvalue weighted by molar-refractivity contribution is 0.489. The number of unbranched alkanes of at least 4 members (excludes halogenated alkanes) is 1. The second-order valence-corrected chi connectivity index (χ2v) is 4.73. The molecule has 1 aromatic heterocycles. The van der Waals surface area contributed by atoms with Gasteiger partial charge in [-0.1, -0.05) is 26.3 Å². The van der Waals surface area contributed by atoms with E-state index in [0.29, 0.717) is 6.04 Å². The van der Waals surface area contributed by atoms with E-state index in [1.54, 1.807) is 0 Å². The Hall–Kier alpha value is -0.340. The highest BCUT2D eigenvalue weighted by Gasteiger charge is 2.06. The predicted molar refractivity (Wildman–Crippen MR) is 65.0 cm³/mol. The van der Waals surface area contributed by atoms with Gasteiger partial charge in [0.25, 0.3) is 0 Å². The average molecular weight is 211 g/mol. The fraction of sp³-hybridized carbons (Fsp3) is 0.667. The van der Waals surface area contributed by atoms with Crippen LogP contribution in [0.3, 0.4) is 0 Å². The van der Waals surface area contributed by atoms with Crippen LogP contribution in [-0.2, 0) is 6.42 Å². The minimum absolute atomic E-state index is 0.667. The summed E-state index contributed by atoms with van der Waals surface area (Å²) in [5, 5.41) is 5.78. The molecule has 1 N–H and O–H groups in total. The van der Waals surface area contributed by atoms with Gasteiger partial charge in [-0.05, 0) is 37.3 Å². The van der Waals surface area contributed by atoms with Gasteiger partial charge in [0.1, 0.15) is 0 Å². The molecule has 0 saturated heterocycles. The van der Waals surface area contributed by atoms with Crippen molar-refractivity contribution in [3.05, 3.63) is 22.4 Å². The third-order valence-corrected chi connectivity index (χ3v) is 3.38. The zero-order chi connectivity index (χ0) is 10.2. The Bertz CT molecular complexity index is 218. The van der Waals surface area contributed by atoms with E-state index in [0.717, 1.165) is 0 Å². The second-order valence-electron chi connectivity index (χ2n) is 3.70. The highest BCUT2D eigenvalue weighted by Crippen LogP contribution is 2.12. The molecule has 1 heterocycles. The van der Waals surface area contributed by atoms with Crippen LogP contribution in [0, 0.1) is 0 Å². The molecule has 0 aliphatic rings. The average Bonchev–Trinajstić information content (AvgIpc) is 2.69. The second kappa shape index (κ2) is 7.02. The van der Waals surface area contributed by atoms with Crippen LogP contribution in [0.1, 0.15) is 38.0 Å². The minimum Gasteiger partial charge on any atom is -0.314 e. The summed E-state index contributed by atoms with van der Waals surface area (Å²) in [4.78, 5) is 1.50. The van der Waals surface area contributed by atoms with Crippen molar-refractivity contribution in [2.75, 3.05) is 6.54 Å². The molecule has 80 valence electrons. The van der Waals surface area contributed by atoms with Gasteiger partial charge < -0.3 is 5.32 Å². The van der Waals surface area contributed by atoms with Crippen LogP contribution in [0.4, 0.5) is 0 Å². The zero-order valence-corrected chi connectivity index (χ0v) is 10.1. The summed E-state index contributed by atoms with van der Waals surface area (Å²) in [7, 11) is 0. The molecule has 0 radical (unpaired) electrons. The summed E-state index contributed by atoms with van der Waals surface area (Å²) in [5.41, 5.74) is 0. The lowest BCUT2D eigenvalue weighted by atomic mass is 10.1. The van der Waals surface area contributed by atoms with E-state index in [1.807, 2.05) is 11.3 Å². The highest BCUT2D eigenvalue weighted by molar-refractivity contribution is 7.09. The molecule has 1 unspecified atom stereocenters. The zero-order valence-electron chi connectivity index (χ0n) is 9.25. The first kappa shape index (κ1) is 11.7. The molecule has 0 aromatic carbocycles. The third kappa shape index (κ3) is 4.25. The smallest absolute Gasteiger partial charge is 0.0113 e. The van der Waals surface area contributed by atoms with Gasteiger partial charge in [-0.2, -0.15) is 0 Å². The lowest BCUT2D eigenvalue weighted by Gasteiger charge is -2.15. The first-order valence-electron chi connectivity index (χ1n) is 5.62. The van der Waals surface area contributed by atoms with Crippen molar-refractivity contribution in [1.82, 2.24) is 5.32 Å². The van der Waals surface area contributed by atoms with Crippen molar-refractivity contribution in [2.24, 2.45) is 0 Å². The fourth-order valence-corrected chi connectivity index (χ4v) is 2.30. The Morgan fingerprint density at radius 1 is 1.43 bits per heavy atom. The van der Waals surface area contributed by atoms with Gasteiger partial charge in [0.15, 0.2) is 0 Å². The van der Waals surface area contributed by atoms with E-state index in [9.17, 15) is 0 Å². The standard InChI is InChI=1S/C12H21NS/c1-3-5-8-13-11(4-2)10-12-7-6-9-14-12/h6-7,9,11,13H,3-5,8,10H2,1-2H3. The van der Waals surface area contributed by atoms with Crippen molar-refractivity contribution in [3.63, 3.8) is 0 Å². The SMILES string of the molecule is CCCCNC(CC)Cc1cccs1. The Morgan fingerprint density at radius 2 is 2.29 bits per heavy atom. The first-order valence-corrected chi connectivity index (χ1v) is 6.50. The predicted octanol–water partition coefficient (Wildman–Crippen LogP) is 3.46. The van der Waals surface area contributed by atoms with Gasteiger partial charge in [0, 0.05) is 10.9 Å². The lowest BCUT2D eigenvalue weighted by Crippen LogP contribution is -2.30. The topological polar surface area (TPSA) is 12.0 Å². The van der Waals surface area contributed by atoms with Crippen LogP contribution in [0.5, 0.6) is 0 Å². The molecule has 1 nitrogen and oxygen atoms in total. The molecule has 0 bridgehead atoms. The van der Waals surface area contributed by atoms with Gasteiger partial charge in [-0.15, -0.1) is 11.3 Å². The number of rotatable bonds is 7. The van der Waals surface area contributed by atoms with Crippen molar-refractivity contribution in [3.8, 4) is 0 Å². The summed E-state index contributed by atoms with van der Waals surface area (Å²) in [6.45, 7) is 5.67. The van der Waals surface area contributed by atoms with Crippen molar-refractivity contribution in [1.29, 1.82) is 0 Å². The number of nitrogens with one attached hydrogen (secondary N) is 1. The summed E-state index contributed by atoms with van der Waals surface area (Å²) in [6, 6.07) is 5.04. The molecule has 2 heteroatoms. The maximum absolute atomic E-state index is 3.62. The largest absolute Gasteiger partial charge is 0.314 e. The molecule has 1 aromatic rings. The molecule has 0 fully saturated rings. The van der Waals surface area contributed by atoms with Gasteiger partial charge >= 0.3 is 0 Å². The summed E-state index contributed by atoms with van der Waals surface area (Å²) in [6.07, 6.45) is 4.99. The van der Waals surface area contributed by atoms with E-state index in [1.165, 1.54) is 37.1 Å². The van der Waals surface area contributed by atoms with Gasteiger partial charge in [-0.3, -0.25) is 0 Å². The number of thiophene rings is 1. The van der Waals surface area contributed by atoms with Crippen LogP contribution in [0.2, 0.25) is 0 Å². The summed E-state index contributed by atoms with van der Waals surface area (Å²) < 4.78 is 0. The number of hydrogen-bond donors (Lipinski definition) is 1. The first-order chi connectivity index (χ1) is 6.86. The minimum atomic E-state index is 0.667. The quantitative estimate of drug-likeness (QED) is 0.681. The van der Waals surface area contributed by atoms with E-state index in [4.69, 9.17) is 0 Å². The van der Waals surface area contributed by atoms with Gasteiger partial charge in [0.05, 0.1) is 0 Å². The molecule has 1 atom stereocenters. The summed E-state index contributed by atoms with van der Waals surface area (Å²) in [5.74, 6) is 0. The molecule has 1 rings (SSSR count). The Morgan fingerprint density at radius 3 is 2.86 bits per heavy atom. The molecule has 0 aliphatic carbocycles. The molecule has 0 amide bonds. The molecule has 0 saturated carbocycles. The van der Waals surface area contributed by atoms with E-state index >= 15 is 0 Å². The third-order valence-electron chi connectivity index (χ3n) is 2.48. The fourth-order valence-electron chi connectivity index (χ4n) is 1.52. The molecule has 0 aliphatic heterocycles. The van der Waals surface area contributed by atoms with Gasteiger partial charge in [-0.25, -0.2) is 0 Å². The van der Waals surface area contributed by atoms with E-state index < -0.39 is 0 Å². The van der Waals surface area contributed by atoms with Crippen LogP contribution in [-0.4, -0.2) is 12.6 Å². The maximum Gasteiger partial charge on any atom is 0.0113 e. The molecule has 14 heavy (non-hydrogen) atoms. The maximum atomic E-state index is 3.62. The molecular formula is C12H21NS. The van der Waals surface area contributed by atoms with Crippen molar-refractivity contribution in [2.45, 2.75) is 45.6 Å². The molecular weight excluding hydrogens is 190 g/mol. The van der Waals surface area contributed by atoms with Crippen LogP contribution in [0.25, 0.3) is 0 Å². The van der Waals surface area contributed by atoms with Crippen molar-refractivity contribution >= 4 is 11.3 Å². The highest BCUT2D eigenvalue weighted by atomic mass is 32.1. The van der Waals surface area contributed by atoms with E-state index in [2.05, 4.69) is 36.7 Å². The monoisotopic (exact) mass is 211 g/mol.